The van der Waals surface area contributed by atoms with Crippen LogP contribution in [0.4, 0.5) is 0 Å². The Kier molecular flexibility index (Phi) is 57.8. The average molecular weight is 1020 g/mol. The Labute approximate surface area is 451 Å². The van der Waals surface area contributed by atoms with Crippen LogP contribution < -0.4 is 0 Å². The maximum atomic E-state index is 12.9. The monoisotopic (exact) mass is 1010 g/mol. The summed E-state index contributed by atoms with van der Waals surface area (Å²) in [6.45, 7) is 6.40. The summed E-state index contributed by atoms with van der Waals surface area (Å²) < 4.78 is 16.9. The fourth-order valence-electron chi connectivity index (χ4n) is 8.54. The maximum absolute atomic E-state index is 12.9. The zero-order valence-electron chi connectivity index (χ0n) is 47.9. The van der Waals surface area contributed by atoms with E-state index >= 15 is 0 Å². The molecule has 6 heteroatoms. The second-order valence-electron chi connectivity index (χ2n) is 20.2. The van der Waals surface area contributed by atoms with E-state index in [2.05, 4.69) is 118 Å². The Balaban J connectivity index is 4.37. The third-order valence-corrected chi connectivity index (χ3v) is 13.1. The minimum Gasteiger partial charge on any atom is -0.462 e. The number of carbonyl (C=O) groups excluding carboxylic acids is 3. The third kappa shape index (κ3) is 59.1. The molecule has 0 heterocycles. The molecule has 0 aromatic rings. The summed E-state index contributed by atoms with van der Waals surface area (Å²) in [6, 6.07) is 0. The Bertz CT molecular complexity index is 1440. The standard InChI is InChI=1S/C67H114O6/c1-4-7-10-13-16-19-22-25-27-29-31-32-33-34-36-37-39-42-45-48-51-54-57-60-66(69)72-63-64(62-71-65(68)59-56-53-50-47-44-41-24-21-18-15-12-9-6-3)73-67(70)61-58-55-52-49-46-43-40-38-35-30-28-26-23-20-17-14-11-8-5-2/h7,9-10,12,16,18-19,21,25,27,31-32,34,36,41,44,64H,4-6,8,11,13-15,17,20,22-24,26,28-30,33,35,37-40,42-43,45-63H2,1-3H3/b10-7-,12-9-,19-16-,21-18-,27-25-,32-31-,36-34-,44-41-. The smallest absolute Gasteiger partial charge is 0.306 e. The molecule has 0 aliphatic heterocycles. The van der Waals surface area contributed by atoms with Crippen molar-refractivity contribution in [1.29, 1.82) is 0 Å². The predicted octanol–water partition coefficient (Wildman–Crippen LogP) is 20.9. The number of unbranched alkanes of at least 4 members (excludes halogenated alkanes) is 28. The number of esters is 3. The molecule has 0 spiro atoms. The van der Waals surface area contributed by atoms with Gasteiger partial charge in [-0.05, 0) is 96.3 Å². The zero-order valence-corrected chi connectivity index (χ0v) is 47.9. The van der Waals surface area contributed by atoms with Crippen LogP contribution in [0, 0.1) is 0 Å². The first-order valence-electron chi connectivity index (χ1n) is 30.7. The number of rotatable bonds is 55. The van der Waals surface area contributed by atoms with Crippen LogP contribution >= 0.6 is 0 Å². The van der Waals surface area contributed by atoms with Crippen molar-refractivity contribution in [3.8, 4) is 0 Å². The molecule has 0 amide bonds. The van der Waals surface area contributed by atoms with Gasteiger partial charge in [0.25, 0.3) is 0 Å². The van der Waals surface area contributed by atoms with Gasteiger partial charge in [-0.25, -0.2) is 0 Å². The van der Waals surface area contributed by atoms with Gasteiger partial charge in [0, 0.05) is 19.3 Å². The molecule has 73 heavy (non-hydrogen) atoms. The van der Waals surface area contributed by atoms with E-state index in [0.29, 0.717) is 19.3 Å². The molecule has 0 aliphatic rings. The molecule has 0 N–H and O–H groups in total. The molecule has 0 aromatic carbocycles. The van der Waals surface area contributed by atoms with Gasteiger partial charge in [-0.3, -0.25) is 14.4 Å². The quantitative estimate of drug-likeness (QED) is 0.0261. The molecule has 0 aliphatic carbocycles. The van der Waals surface area contributed by atoms with Crippen LogP contribution in [0.3, 0.4) is 0 Å². The van der Waals surface area contributed by atoms with Crippen LogP contribution in [-0.2, 0) is 28.6 Å². The van der Waals surface area contributed by atoms with Crippen molar-refractivity contribution >= 4 is 17.9 Å². The second-order valence-corrected chi connectivity index (χ2v) is 20.2. The molecule has 1 unspecified atom stereocenters. The van der Waals surface area contributed by atoms with Crippen molar-refractivity contribution < 1.29 is 28.6 Å². The van der Waals surface area contributed by atoms with Gasteiger partial charge in [0.2, 0.25) is 0 Å². The summed E-state index contributed by atoms with van der Waals surface area (Å²) in [6.07, 6.45) is 81.2. The van der Waals surface area contributed by atoms with Crippen LogP contribution in [0.15, 0.2) is 97.2 Å². The highest BCUT2D eigenvalue weighted by molar-refractivity contribution is 5.71. The molecule has 6 nitrogen and oxygen atoms in total. The minimum atomic E-state index is -0.794. The second kappa shape index (κ2) is 60.9. The fraction of sp³-hybridized carbons (Fsp3) is 0.716. The first kappa shape index (κ1) is 69.3. The highest BCUT2D eigenvalue weighted by Crippen LogP contribution is 2.16. The average Bonchev–Trinajstić information content (AvgIpc) is 3.39. The first-order valence-corrected chi connectivity index (χ1v) is 30.7. The highest BCUT2D eigenvalue weighted by Gasteiger charge is 2.19. The first-order chi connectivity index (χ1) is 36.0. The van der Waals surface area contributed by atoms with Crippen molar-refractivity contribution in [2.75, 3.05) is 13.2 Å². The summed E-state index contributed by atoms with van der Waals surface area (Å²) in [4.78, 5) is 38.2. The lowest BCUT2D eigenvalue weighted by molar-refractivity contribution is -0.167. The van der Waals surface area contributed by atoms with Gasteiger partial charge in [-0.1, -0.05) is 272 Å². The van der Waals surface area contributed by atoms with Gasteiger partial charge >= 0.3 is 17.9 Å². The number of ether oxygens (including phenoxy) is 3. The van der Waals surface area contributed by atoms with E-state index in [1.807, 2.05) is 0 Å². The summed E-state index contributed by atoms with van der Waals surface area (Å²) in [7, 11) is 0. The Morgan fingerprint density at radius 3 is 0.849 bits per heavy atom. The Hall–Kier alpha value is -3.67. The van der Waals surface area contributed by atoms with Crippen molar-refractivity contribution in [3.63, 3.8) is 0 Å². The molecular formula is C67H114O6. The molecule has 0 saturated carbocycles. The number of allylic oxidation sites excluding steroid dienone is 16. The van der Waals surface area contributed by atoms with E-state index in [1.54, 1.807) is 0 Å². The minimum absolute atomic E-state index is 0.0914. The zero-order chi connectivity index (χ0) is 52.9. The van der Waals surface area contributed by atoms with Crippen LogP contribution in [-0.4, -0.2) is 37.2 Å². The van der Waals surface area contributed by atoms with E-state index in [0.717, 1.165) is 122 Å². The van der Waals surface area contributed by atoms with E-state index in [9.17, 15) is 14.4 Å². The van der Waals surface area contributed by atoms with Crippen molar-refractivity contribution in [1.82, 2.24) is 0 Å². The summed E-state index contributed by atoms with van der Waals surface area (Å²) >= 11 is 0. The van der Waals surface area contributed by atoms with Crippen molar-refractivity contribution in [2.24, 2.45) is 0 Å². The molecule has 418 valence electrons. The van der Waals surface area contributed by atoms with Gasteiger partial charge in [-0.15, -0.1) is 0 Å². The van der Waals surface area contributed by atoms with Crippen LogP contribution in [0.5, 0.6) is 0 Å². The van der Waals surface area contributed by atoms with Crippen LogP contribution in [0.2, 0.25) is 0 Å². The summed E-state index contributed by atoms with van der Waals surface area (Å²) in [5.41, 5.74) is 0. The van der Waals surface area contributed by atoms with Crippen LogP contribution in [0.1, 0.15) is 290 Å². The van der Waals surface area contributed by atoms with Gasteiger partial charge in [0.15, 0.2) is 6.10 Å². The summed E-state index contributed by atoms with van der Waals surface area (Å²) in [5, 5.41) is 0. The molecule has 0 saturated heterocycles. The van der Waals surface area contributed by atoms with Gasteiger partial charge < -0.3 is 14.2 Å². The number of hydrogen-bond donors (Lipinski definition) is 0. The van der Waals surface area contributed by atoms with E-state index in [1.165, 1.54) is 128 Å². The molecule has 0 aromatic heterocycles. The fourth-order valence-corrected chi connectivity index (χ4v) is 8.54. The van der Waals surface area contributed by atoms with Crippen molar-refractivity contribution in [3.05, 3.63) is 97.2 Å². The van der Waals surface area contributed by atoms with Crippen molar-refractivity contribution in [2.45, 2.75) is 297 Å². The lowest BCUT2D eigenvalue weighted by Gasteiger charge is -2.18. The van der Waals surface area contributed by atoms with Crippen LogP contribution in [0.25, 0.3) is 0 Å². The number of carbonyl (C=O) groups is 3. The van der Waals surface area contributed by atoms with Gasteiger partial charge in [-0.2, -0.15) is 0 Å². The lowest BCUT2D eigenvalue weighted by atomic mass is 10.0. The SMILES string of the molecule is CC/C=C\C/C=C\C/C=C\C/C=C\C/C=C\CCCCCCCCCC(=O)OCC(COC(=O)CCCCC/C=C\C/C=C\C/C=C\CC)OC(=O)CCCCCCCCCCCCCCCCCCCCC. The lowest BCUT2D eigenvalue weighted by Crippen LogP contribution is -2.30. The van der Waals surface area contributed by atoms with Gasteiger partial charge in [0.1, 0.15) is 13.2 Å². The highest BCUT2D eigenvalue weighted by atomic mass is 16.6. The molecule has 0 fully saturated rings. The molecule has 0 rings (SSSR count). The molecule has 1 atom stereocenters. The molecule has 0 radical (unpaired) electrons. The number of hydrogen-bond acceptors (Lipinski definition) is 6. The maximum Gasteiger partial charge on any atom is 0.306 e. The van der Waals surface area contributed by atoms with Gasteiger partial charge in [0.05, 0.1) is 0 Å². The van der Waals surface area contributed by atoms with E-state index < -0.39 is 6.10 Å². The largest absolute Gasteiger partial charge is 0.462 e. The topological polar surface area (TPSA) is 78.9 Å². The third-order valence-electron chi connectivity index (χ3n) is 13.1. The Morgan fingerprint density at radius 2 is 0.534 bits per heavy atom. The normalized spacial score (nSPS) is 12.8. The Morgan fingerprint density at radius 1 is 0.288 bits per heavy atom. The molecular weight excluding hydrogens is 901 g/mol. The summed E-state index contributed by atoms with van der Waals surface area (Å²) in [5.74, 6) is -0.922. The van der Waals surface area contributed by atoms with E-state index in [4.69, 9.17) is 14.2 Å². The van der Waals surface area contributed by atoms with E-state index in [-0.39, 0.29) is 31.1 Å². The molecule has 0 bridgehead atoms. The predicted molar refractivity (Wildman–Crippen MR) is 316 cm³/mol.